The Morgan fingerprint density at radius 3 is 2.26 bits per heavy atom. The summed E-state index contributed by atoms with van der Waals surface area (Å²) < 4.78 is 30.0. The van der Waals surface area contributed by atoms with Gasteiger partial charge < -0.3 is 19.5 Å². The molecule has 1 unspecified atom stereocenters. The number of carbonyl (C=O) groups is 2. The minimum atomic E-state index is -0.913. The van der Waals surface area contributed by atoms with Gasteiger partial charge in [-0.1, -0.05) is 36.4 Å². The average molecular weight is 432 g/mol. The quantitative estimate of drug-likeness (QED) is 0.637. The van der Waals surface area contributed by atoms with Crippen molar-refractivity contribution in [2.45, 2.75) is 58.3 Å². The number of rotatable bonds is 7. The normalized spacial score (nSPS) is 14.2. The summed E-state index contributed by atoms with van der Waals surface area (Å²) in [4.78, 5) is 24.6. The number of halogens is 1. The van der Waals surface area contributed by atoms with E-state index in [1.54, 1.807) is 33.8 Å². The highest BCUT2D eigenvalue weighted by molar-refractivity contribution is 5.81. The topological polar surface area (TPSA) is 73.9 Å². The van der Waals surface area contributed by atoms with Crippen LogP contribution in [0.5, 0.6) is 5.75 Å². The summed E-state index contributed by atoms with van der Waals surface area (Å²) in [5.41, 5.74) is 0.877. The number of amides is 1. The van der Waals surface area contributed by atoms with Crippen LogP contribution in [-0.4, -0.2) is 36.9 Å². The van der Waals surface area contributed by atoms with Gasteiger partial charge >= 0.3 is 12.1 Å². The van der Waals surface area contributed by atoms with Gasteiger partial charge in [0.05, 0.1) is 7.11 Å². The highest BCUT2D eigenvalue weighted by Crippen LogP contribution is 2.36. The van der Waals surface area contributed by atoms with Crippen molar-refractivity contribution in [3.8, 4) is 5.75 Å². The zero-order valence-electron chi connectivity index (χ0n) is 18.8. The number of esters is 1. The van der Waals surface area contributed by atoms with E-state index >= 15 is 0 Å². The third kappa shape index (κ3) is 6.98. The van der Waals surface area contributed by atoms with Crippen molar-refractivity contribution < 1.29 is 28.2 Å². The molecule has 7 heteroatoms. The number of hydrogen-bond donors (Lipinski definition) is 1. The molecule has 0 fully saturated rings. The van der Waals surface area contributed by atoms with E-state index in [0.29, 0.717) is 11.3 Å². The van der Waals surface area contributed by atoms with Crippen molar-refractivity contribution in [1.82, 2.24) is 5.32 Å². The monoisotopic (exact) mass is 431 g/mol. The van der Waals surface area contributed by atoms with E-state index in [9.17, 15) is 14.0 Å². The van der Waals surface area contributed by atoms with Gasteiger partial charge in [0.25, 0.3) is 0 Å². The summed E-state index contributed by atoms with van der Waals surface area (Å²) in [5, 5.41) is 2.48. The second-order valence-corrected chi connectivity index (χ2v) is 8.28. The Bertz CT molecular complexity index is 895. The number of alkyl carbamates (subject to hydrolysis) is 1. The Balaban J connectivity index is 2.24. The molecular formula is C24H30FNO5. The Morgan fingerprint density at radius 1 is 1.03 bits per heavy atom. The molecule has 3 atom stereocenters. The molecule has 2 rings (SSSR count). The minimum absolute atomic E-state index is 0.358. The smallest absolute Gasteiger partial charge is 0.408 e. The molecule has 168 valence electrons. The largest absolute Gasteiger partial charge is 0.496 e. The first kappa shape index (κ1) is 24.2. The van der Waals surface area contributed by atoms with Gasteiger partial charge in [0.1, 0.15) is 29.3 Å². The van der Waals surface area contributed by atoms with Crippen LogP contribution in [0.15, 0.2) is 48.5 Å². The molecule has 0 aliphatic rings. The SMILES string of the molecule is COc1cc(F)ccc1C(c1ccccc1)[C@H](C)OC(=O)[C@H](C)NC(=O)OC(C)(C)C. The van der Waals surface area contributed by atoms with Crippen LogP contribution in [0.3, 0.4) is 0 Å². The van der Waals surface area contributed by atoms with Gasteiger partial charge in [0.2, 0.25) is 0 Å². The van der Waals surface area contributed by atoms with E-state index in [4.69, 9.17) is 14.2 Å². The molecule has 2 aromatic carbocycles. The van der Waals surface area contributed by atoms with Crippen LogP contribution in [-0.2, 0) is 14.3 Å². The van der Waals surface area contributed by atoms with E-state index in [1.165, 1.54) is 26.2 Å². The standard InChI is InChI=1S/C24H30FNO5/c1-15(26-23(28)31-24(3,4)5)22(27)30-16(2)21(17-10-8-7-9-11-17)19-13-12-18(25)14-20(19)29-6/h7-16,21H,1-6H3,(H,26,28)/t15-,16-,21?/m0/s1. The average Bonchev–Trinajstić information content (AvgIpc) is 2.68. The maximum Gasteiger partial charge on any atom is 0.408 e. The third-order valence-corrected chi connectivity index (χ3v) is 4.55. The molecule has 1 N–H and O–H groups in total. The summed E-state index contributed by atoms with van der Waals surface area (Å²) in [5.74, 6) is -1.08. The van der Waals surface area contributed by atoms with Gasteiger partial charge in [-0.15, -0.1) is 0 Å². The summed E-state index contributed by atoms with van der Waals surface area (Å²) >= 11 is 0. The van der Waals surface area contributed by atoms with E-state index < -0.39 is 41.5 Å². The van der Waals surface area contributed by atoms with E-state index in [0.717, 1.165) is 5.56 Å². The third-order valence-electron chi connectivity index (χ3n) is 4.55. The fraction of sp³-hybridized carbons (Fsp3) is 0.417. The molecule has 0 heterocycles. The van der Waals surface area contributed by atoms with E-state index in [1.807, 2.05) is 30.3 Å². The second-order valence-electron chi connectivity index (χ2n) is 8.28. The Morgan fingerprint density at radius 2 is 1.68 bits per heavy atom. The number of nitrogens with one attached hydrogen (secondary N) is 1. The van der Waals surface area contributed by atoms with Gasteiger partial charge in [0, 0.05) is 17.5 Å². The molecule has 0 saturated heterocycles. The first-order chi connectivity index (χ1) is 14.5. The molecule has 0 saturated carbocycles. The maximum absolute atomic E-state index is 13.7. The van der Waals surface area contributed by atoms with Crippen LogP contribution in [0.1, 0.15) is 51.7 Å². The first-order valence-electron chi connectivity index (χ1n) is 10.1. The minimum Gasteiger partial charge on any atom is -0.496 e. The van der Waals surface area contributed by atoms with Crippen LogP contribution >= 0.6 is 0 Å². The second kappa shape index (κ2) is 10.3. The number of benzene rings is 2. The highest BCUT2D eigenvalue weighted by atomic mass is 19.1. The van der Waals surface area contributed by atoms with Gasteiger partial charge in [-0.2, -0.15) is 0 Å². The number of methoxy groups -OCH3 is 1. The Labute approximate surface area is 182 Å². The Kier molecular flexibility index (Phi) is 8.02. The van der Waals surface area contributed by atoms with E-state index in [2.05, 4.69) is 5.32 Å². The summed E-state index contributed by atoms with van der Waals surface area (Å²) in [6, 6.07) is 12.8. The predicted molar refractivity (Wildman–Crippen MR) is 116 cm³/mol. The van der Waals surface area contributed by atoms with Crippen molar-refractivity contribution in [3.63, 3.8) is 0 Å². The zero-order valence-corrected chi connectivity index (χ0v) is 18.8. The van der Waals surface area contributed by atoms with Crippen molar-refractivity contribution in [3.05, 3.63) is 65.5 Å². The molecule has 0 aromatic heterocycles. The van der Waals surface area contributed by atoms with Crippen molar-refractivity contribution in [1.29, 1.82) is 0 Å². The van der Waals surface area contributed by atoms with E-state index in [-0.39, 0.29) is 0 Å². The molecule has 0 bridgehead atoms. The summed E-state index contributed by atoms with van der Waals surface area (Å²) in [6.45, 7) is 8.47. The van der Waals surface area contributed by atoms with Crippen LogP contribution in [0, 0.1) is 5.82 Å². The number of carbonyl (C=O) groups excluding carboxylic acids is 2. The molecule has 0 spiro atoms. The van der Waals surface area contributed by atoms with Crippen LogP contribution < -0.4 is 10.1 Å². The maximum atomic E-state index is 13.7. The predicted octanol–water partition coefficient (Wildman–Crippen LogP) is 4.81. The lowest BCUT2D eigenvalue weighted by atomic mass is 9.86. The highest BCUT2D eigenvalue weighted by Gasteiger charge is 2.30. The Hall–Kier alpha value is -3.09. The molecular weight excluding hydrogens is 401 g/mol. The molecule has 6 nitrogen and oxygen atoms in total. The van der Waals surface area contributed by atoms with Gasteiger partial charge in [-0.3, -0.25) is 0 Å². The molecule has 0 aliphatic heterocycles. The number of hydrogen-bond acceptors (Lipinski definition) is 5. The van der Waals surface area contributed by atoms with Crippen molar-refractivity contribution in [2.24, 2.45) is 0 Å². The lowest BCUT2D eigenvalue weighted by Gasteiger charge is -2.28. The van der Waals surface area contributed by atoms with Crippen LogP contribution in [0.25, 0.3) is 0 Å². The zero-order chi connectivity index (χ0) is 23.2. The summed E-state index contributed by atoms with van der Waals surface area (Å²) in [7, 11) is 1.46. The van der Waals surface area contributed by atoms with Gasteiger partial charge in [-0.25, -0.2) is 14.0 Å². The van der Waals surface area contributed by atoms with Gasteiger partial charge in [0.15, 0.2) is 0 Å². The molecule has 31 heavy (non-hydrogen) atoms. The summed E-state index contributed by atoms with van der Waals surface area (Å²) in [6.07, 6.45) is -1.33. The molecule has 0 aliphatic carbocycles. The lowest BCUT2D eigenvalue weighted by molar-refractivity contribution is -0.150. The molecule has 0 radical (unpaired) electrons. The first-order valence-corrected chi connectivity index (χ1v) is 10.1. The molecule has 2 aromatic rings. The van der Waals surface area contributed by atoms with Crippen molar-refractivity contribution in [2.75, 3.05) is 7.11 Å². The number of ether oxygens (including phenoxy) is 3. The fourth-order valence-electron chi connectivity index (χ4n) is 3.20. The van der Waals surface area contributed by atoms with Crippen LogP contribution in [0.2, 0.25) is 0 Å². The lowest BCUT2D eigenvalue weighted by Crippen LogP contribution is -2.43. The molecule has 1 amide bonds. The van der Waals surface area contributed by atoms with Crippen LogP contribution in [0.4, 0.5) is 9.18 Å². The fourth-order valence-corrected chi connectivity index (χ4v) is 3.20. The van der Waals surface area contributed by atoms with Crippen molar-refractivity contribution >= 4 is 12.1 Å². The van der Waals surface area contributed by atoms with Gasteiger partial charge in [-0.05, 0) is 46.2 Å².